The maximum absolute atomic E-state index is 6.46. The van der Waals surface area contributed by atoms with Crippen molar-refractivity contribution in [2.75, 3.05) is 0 Å². The van der Waals surface area contributed by atoms with Crippen molar-refractivity contribution in [2.24, 2.45) is 11.7 Å². The summed E-state index contributed by atoms with van der Waals surface area (Å²) in [5.74, 6) is 1.66. The Morgan fingerprint density at radius 1 is 0.895 bits per heavy atom. The van der Waals surface area contributed by atoms with Crippen molar-refractivity contribution < 1.29 is 4.74 Å². The van der Waals surface area contributed by atoms with E-state index in [9.17, 15) is 0 Å². The second-order valence-electron chi connectivity index (χ2n) is 6.16. The fourth-order valence-corrected chi connectivity index (χ4v) is 3.09. The van der Waals surface area contributed by atoms with E-state index in [-0.39, 0.29) is 6.04 Å². The van der Waals surface area contributed by atoms with Gasteiger partial charge in [0.05, 0.1) is 6.10 Å². The fraction of sp³-hybridized carbons (Fsp3) is 0.647. The van der Waals surface area contributed by atoms with E-state index in [1.54, 1.807) is 0 Å². The van der Waals surface area contributed by atoms with Gasteiger partial charge in [-0.15, -0.1) is 0 Å². The van der Waals surface area contributed by atoms with Gasteiger partial charge in [-0.25, -0.2) is 0 Å². The van der Waals surface area contributed by atoms with Crippen molar-refractivity contribution in [1.82, 2.24) is 0 Å². The topological polar surface area (TPSA) is 35.2 Å². The summed E-state index contributed by atoms with van der Waals surface area (Å²) >= 11 is 0. The lowest BCUT2D eigenvalue weighted by Gasteiger charge is -2.23. The third kappa shape index (κ3) is 3.50. The van der Waals surface area contributed by atoms with Gasteiger partial charge in [0.15, 0.2) is 0 Å². The summed E-state index contributed by atoms with van der Waals surface area (Å²) in [6.45, 7) is 0. The number of benzene rings is 1. The molecule has 2 aliphatic carbocycles. The number of nitrogens with two attached hydrogens (primary N) is 1. The van der Waals surface area contributed by atoms with E-state index in [0.717, 1.165) is 5.75 Å². The molecule has 0 bridgehead atoms. The summed E-state index contributed by atoms with van der Waals surface area (Å²) in [4.78, 5) is 0. The third-order valence-corrected chi connectivity index (χ3v) is 4.50. The van der Waals surface area contributed by atoms with E-state index in [1.807, 2.05) is 0 Å². The molecule has 0 aliphatic heterocycles. The summed E-state index contributed by atoms with van der Waals surface area (Å²) in [6, 6.07) is 8.70. The molecule has 2 heteroatoms. The van der Waals surface area contributed by atoms with Crippen molar-refractivity contribution in [3.63, 3.8) is 0 Å². The van der Waals surface area contributed by atoms with Crippen LogP contribution in [-0.4, -0.2) is 6.10 Å². The first-order valence-electron chi connectivity index (χ1n) is 7.85. The summed E-state index contributed by atoms with van der Waals surface area (Å²) in [6.07, 6.45) is 11.0. The Labute approximate surface area is 116 Å². The van der Waals surface area contributed by atoms with E-state index in [1.165, 1.54) is 56.9 Å². The maximum Gasteiger partial charge on any atom is 0.119 e. The lowest BCUT2D eigenvalue weighted by molar-refractivity contribution is 0.303. The number of rotatable bonds is 4. The third-order valence-electron chi connectivity index (χ3n) is 4.50. The van der Waals surface area contributed by atoms with Gasteiger partial charge in [-0.1, -0.05) is 37.8 Å². The van der Waals surface area contributed by atoms with Gasteiger partial charge >= 0.3 is 0 Å². The molecule has 2 aliphatic rings. The van der Waals surface area contributed by atoms with Crippen molar-refractivity contribution in [3.05, 3.63) is 29.8 Å². The van der Waals surface area contributed by atoms with Crippen LogP contribution in [0.1, 0.15) is 63.0 Å². The monoisotopic (exact) mass is 259 g/mol. The Hall–Kier alpha value is -1.02. The summed E-state index contributed by atoms with van der Waals surface area (Å²) < 4.78 is 5.78. The highest BCUT2D eigenvalue weighted by atomic mass is 16.5. The number of hydrogen-bond acceptors (Lipinski definition) is 2. The molecule has 2 nitrogen and oxygen atoms in total. The van der Waals surface area contributed by atoms with Crippen LogP contribution in [0.5, 0.6) is 5.75 Å². The molecule has 2 N–H and O–H groups in total. The minimum Gasteiger partial charge on any atom is -0.490 e. The molecule has 3 rings (SSSR count). The van der Waals surface area contributed by atoms with Crippen LogP contribution in [0.2, 0.25) is 0 Å². The Morgan fingerprint density at radius 2 is 1.53 bits per heavy atom. The molecule has 104 valence electrons. The standard InChI is InChI=1S/C17H25NO/c18-17(13-5-3-1-2-4-6-13)14-7-9-15(10-8-14)19-16-11-12-16/h7-10,13,16-17H,1-6,11-12,18H2. The lowest BCUT2D eigenvalue weighted by atomic mass is 9.88. The van der Waals surface area contributed by atoms with Crippen LogP contribution in [0.25, 0.3) is 0 Å². The Bertz CT molecular complexity index is 388. The highest BCUT2D eigenvalue weighted by molar-refractivity contribution is 5.29. The van der Waals surface area contributed by atoms with Crippen LogP contribution >= 0.6 is 0 Å². The molecule has 0 saturated heterocycles. The molecule has 2 fully saturated rings. The molecule has 1 unspecified atom stereocenters. The average Bonchev–Trinajstić information content (AvgIpc) is 3.25. The predicted molar refractivity (Wildman–Crippen MR) is 78.2 cm³/mol. The van der Waals surface area contributed by atoms with E-state index >= 15 is 0 Å². The molecule has 1 aromatic carbocycles. The van der Waals surface area contributed by atoms with Crippen LogP contribution in [0.3, 0.4) is 0 Å². The van der Waals surface area contributed by atoms with Gasteiger partial charge < -0.3 is 10.5 Å². The van der Waals surface area contributed by atoms with E-state index < -0.39 is 0 Å². The Kier molecular flexibility index (Phi) is 4.07. The molecule has 0 aromatic heterocycles. The minimum atomic E-state index is 0.202. The average molecular weight is 259 g/mol. The zero-order valence-electron chi connectivity index (χ0n) is 11.7. The lowest BCUT2D eigenvalue weighted by Crippen LogP contribution is -2.21. The molecule has 0 heterocycles. The highest BCUT2D eigenvalue weighted by Gasteiger charge is 2.24. The SMILES string of the molecule is NC(c1ccc(OC2CC2)cc1)C1CCCCCC1. The van der Waals surface area contributed by atoms with Gasteiger partial charge in [0, 0.05) is 6.04 Å². The quantitative estimate of drug-likeness (QED) is 0.823. The van der Waals surface area contributed by atoms with Crippen molar-refractivity contribution in [2.45, 2.75) is 63.5 Å². The van der Waals surface area contributed by atoms with Crippen molar-refractivity contribution >= 4 is 0 Å². The molecule has 0 radical (unpaired) electrons. The van der Waals surface area contributed by atoms with Gasteiger partial charge in [0.1, 0.15) is 5.75 Å². The fourth-order valence-electron chi connectivity index (χ4n) is 3.09. The van der Waals surface area contributed by atoms with Crippen LogP contribution < -0.4 is 10.5 Å². The second kappa shape index (κ2) is 5.96. The normalized spacial score (nSPS) is 22.8. The van der Waals surface area contributed by atoms with E-state index in [4.69, 9.17) is 10.5 Å². The van der Waals surface area contributed by atoms with Crippen LogP contribution in [0.15, 0.2) is 24.3 Å². The number of ether oxygens (including phenoxy) is 1. The summed E-state index contributed by atoms with van der Waals surface area (Å²) in [5, 5.41) is 0. The zero-order chi connectivity index (χ0) is 13.1. The minimum absolute atomic E-state index is 0.202. The molecule has 19 heavy (non-hydrogen) atoms. The van der Waals surface area contributed by atoms with E-state index in [0.29, 0.717) is 12.0 Å². The summed E-state index contributed by atoms with van der Waals surface area (Å²) in [5.41, 5.74) is 7.74. The Morgan fingerprint density at radius 3 is 2.11 bits per heavy atom. The first-order chi connectivity index (χ1) is 9.33. The molecule has 1 atom stereocenters. The smallest absolute Gasteiger partial charge is 0.119 e. The molecule has 0 spiro atoms. The first kappa shape index (κ1) is 13.0. The molecule has 2 saturated carbocycles. The first-order valence-corrected chi connectivity index (χ1v) is 7.85. The van der Waals surface area contributed by atoms with Gasteiger partial charge in [-0.3, -0.25) is 0 Å². The van der Waals surface area contributed by atoms with Crippen molar-refractivity contribution in [3.8, 4) is 5.75 Å². The van der Waals surface area contributed by atoms with E-state index in [2.05, 4.69) is 24.3 Å². The van der Waals surface area contributed by atoms with Gasteiger partial charge in [0.25, 0.3) is 0 Å². The summed E-state index contributed by atoms with van der Waals surface area (Å²) in [7, 11) is 0. The van der Waals surface area contributed by atoms with Gasteiger partial charge in [-0.2, -0.15) is 0 Å². The van der Waals surface area contributed by atoms with Crippen LogP contribution in [0, 0.1) is 5.92 Å². The maximum atomic E-state index is 6.46. The highest BCUT2D eigenvalue weighted by Crippen LogP contribution is 2.33. The largest absolute Gasteiger partial charge is 0.490 e. The molecule has 0 amide bonds. The molecular formula is C17H25NO. The molecular weight excluding hydrogens is 234 g/mol. The van der Waals surface area contributed by atoms with Crippen LogP contribution in [0.4, 0.5) is 0 Å². The molecule has 1 aromatic rings. The second-order valence-corrected chi connectivity index (χ2v) is 6.16. The zero-order valence-corrected chi connectivity index (χ0v) is 11.7. The van der Waals surface area contributed by atoms with Crippen molar-refractivity contribution in [1.29, 1.82) is 0 Å². The predicted octanol–water partition coefficient (Wildman–Crippen LogP) is 4.20. The van der Waals surface area contributed by atoms with Crippen LogP contribution in [-0.2, 0) is 0 Å². The van der Waals surface area contributed by atoms with Gasteiger partial charge in [-0.05, 0) is 49.3 Å². The number of hydrogen-bond donors (Lipinski definition) is 1. The van der Waals surface area contributed by atoms with Gasteiger partial charge in [0.2, 0.25) is 0 Å². The Balaban J connectivity index is 1.62.